The van der Waals surface area contributed by atoms with E-state index >= 15 is 0 Å². The summed E-state index contributed by atoms with van der Waals surface area (Å²) in [6, 6.07) is 9.34. The molecule has 2 rings (SSSR count). The Morgan fingerprint density at radius 2 is 2.04 bits per heavy atom. The molecule has 0 saturated carbocycles. The molecule has 126 valence electrons. The first-order valence-corrected chi connectivity index (χ1v) is 8.62. The highest BCUT2D eigenvalue weighted by atomic mass is 35.7. The molecule has 0 aromatic heterocycles. The number of amidine groups is 1. The topological polar surface area (TPSA) is 115 Å². The minimum Gasteiger partial charge on any atom is -0.370 e. The Hall–Kier alpha value is -1.64. The zero-order valence-electron chi connectivity index (χ0n) is 12.8. The van der Waals surface area contributed by atoms with E-state index in [9.17, 15) is 14.0 Å². The third-order valence-electron chi connectivity index (χ3n) is 3.16. The fourth-order valence-corrected chi connectivity index (χ4v) is 2.46. The molecule has 0 aliphatic carbocycles. The van der Waals surface area contributed by atoms with E-state index in [-0.39, 0.29) is 6.54 Å². The van der Waals surface area contributed by atoms with E-state index < -0.39 is 16.5 Å². The number of rotatable bonds is 6. The summed E-state index contributed by atoms with van der Waals surface area (Å²) in [7, 11) is -4.53. The molecule has 0 bridgehead atoms. The molecule has 1 aliphatic heterocycles. The molecule has 0 amide bonds. The summed E-state index contributed by atoms with van der Waals surface area (Å²) in [5.74, 6) is 0.621. The molecule has 0 radical (unpaired) electrons. The van der Waals surface area contributed by atoms with E-state index in [4.69, 9.17) is 0 Å². The fraction of sp³-hybridized carbons (Fsp3) is 0.400. The monoisotopic (exact) mass is 341 g/mol. The summed E-state index contributed by atoms with van der Waals surface area (Å²) in [4.78, 5) is 4.27. The van der Waals surface area contributed by atoms with Crippen LogP contribution in [0.1, 0.15) is 25.3 Å². The van der Waals surface area contributed by atoms with E-state index in [0.29, 0.717) is 11.5 Å². The second kappa shape index (κ2) is 8.28. The molecule has 7 nitrogen and oxygen atoms in total. The van der Waals surface area contributed by atoms with Crippen LogP contribution in [0.2, 0.25) is 0 Å². The lowest BCUT2D eigenvalue weighted by Gasteiger charge is -2.19. The highest BCUT2D eigenvalue weighted by molar-refractivity contribution is 5.99. The predicted octanol–water partition coefficient (Wildman–Crippen LogP) is -1.34. The molecule has 1 heterocycles. The lowest BCUT2D eigenvalue weighted by molar-refractivity contribution is -1.92. The van der Waals surface area contributed by atoms with E-state index in [1.54, 1.807) is 6.08 Å². The van der Waals surface area contributed by atoms with Crippen LogP contribution in [0.25, 0.3) is 5.70 Å². The molecule has 0 saturated heterocycles. The maximum absolute atomic E-state index is 10.8. The highest BCUT2D eigenvalue weighted by Gasteiger charge is 2.30. The largest absolute Gasteiger partial charge is 0.370 e. The van der Waals surface area contributed by atoms with Gasteiger partial charge in [0.1, 0.15) is 12.4 Å². The van der Waals surface area contributed by atoms with Crippen LogP contribution in [-0.4, -0.2) is 25.2 Å². The Morgan fingerprint density at radius 1 is 1.30 bits per heavy atom. The number of unbranched alkanes of at least 4 members (excludes halogenated alkanes) is 1. The average Bonchev–Trinajstić information content (AvgIpc) is 2.70. The van der Waals surface area contributed by atoms with Crippen molar-refractivity contribution in [3.8, 4) is 0 Å². The third kappa shape index (κ3) is 6.17. The second-order valence-corrected chi connectivity index (χ2v) is 5.96. The lowest BCUT2D eigenvalue weighted by atomic mass is 10.1. The molecule has 1 aliphatic rings. The number of nitrogens with one attached hydrogen (secondary N) is 2. The number of aliphatic imine (C=N–C) groups is 1. The average molecular weight is 342 g/mol. The normalized spacial score (nSPS) is 18.5. The minimum atomic E-state index is -4.53. The second-order valence-electron chi connectivity index (χ2n) is 5.03. The van der Waals surface area contributed by atoms with E-state index in [1.807, 2.05) is 30.3 Å². The van der Waals surface area contributed by atoms with Crippen molar-refractivity contribution >= 4 is 11.5 Å². The van der Waals surface area contributed by atoms with Gasteiger partial charge in [-0.2, -0.15) is 14.0 Å². The first-order valence-electron chi connectivity index (χ1n) is 7.39. The van der Waals surface area contributed by atoms with Crippen molar-refractivity contribution in [3.05, 3.63) is 42.0 Å². The van der Waals surface area contributed by atoms with Crippen molar-refractivity contribution in [1.29, 1.82) is 0 Å². The molecule has 23 heavy (non-hydrogen) atoms. The van der Waals surface area contributed by atoms with Crippen LogP contribution in [0.3, 0.4) is 0 Å². The molecule has 8 heteroatoms. The van der Waals surface area contributed by atoms with Gasteiger partial charge in [0, 0.05) is 18.3 Å². The summed E-state index contributed by atoms with van der Waals surface area (Å²) in [5.41, 5.74) is 1.47. The van der Waals surface area contributed by atoms with E-state index in [0.717, 1.165) is 24.9 Å². The van der Waals surface area contributed by atoms with Gasteiger partial charge in [-0.3, -0.25) is 4.99 Å². The maximum atomic E-state index is 10.8. The Bertz CT molecular complexity index is 558. The summed E-state index contributed by atoms with van der Waals surface area (Å²) in [5, 5.41) is 6.10. The van der Waals surface area contributed by atoms with Gasteiger partial charge < -0.3 is 10.6 Å². The smallest absolute Gasteiger partial charge is 0.304 e. The van der Waals surface area contributed by atoms with Crippen LogP contribution < -0.4 is 24.6 Å². The summed E-state index contributed by atoms with van der Waals surface area (Å²) in [6.45, 7) is 2.86. The Kier molecular flexibility index (Phi) is 6.37. The van der Waals surface area contributed by atoms with Crippen molar-refractivity contribution in [1.82, 2.24) is 10.6 Å². The first-order chi connectivity index (χ1) is 11.0. The van der Waals surface area contributed by atoms with Crippen molar-refractivity contribution < 1.29 is 28.5 Å². The van der Waals surface area contributed by atoms with Gasteiger partial charge in [-0.1, -0.05) is 43.7 Å². The van der Waals surface area contributed by atoms with Gasteiger partial charge in [0.15, 0.2) is 0 Å². The number of benzene rings is 1. The molecular weight excluding hydrogens is 322 g/mol. The zero-order valence-corrected chi connectivity index (χ0v) is 13.6. The molecule has 0 fully saturated rings. The van der Waals surface area contributed by atoms with Crippen LogP contribution in [0.4, 0.5) is 0 Å². The standard InChI is InChI=1S/C15H20ClN3O4/c1-2-3-9-17-14-10-13(12-7-5-4-6-8-12)19-15(11-18-14)23-16(20,21)22/h4-8,10,15,19H,2-3,9,11H2,1H3,(H,17,18). The van der Waals surface area contributed by atoms with Gasteiger partial charge in [0.2, 0.25) is 0 Å². The van der Waals surface area contributed by atoms with Gasteiger partial charge in [0.05, 0.1) is 14.5 Å². The summed E-state index contributed by atoms with van der Waals surface area (Å²) >= 11 is 0. The van der Waals surface area contributed by atoms with Gasteiger partial charge >= 0.3 is 6.23 Å². The molecule has 0 spiro atoms. The molecule has 2 N–H and O–H groups in total. The van der Waals surface area contributed by atoms with E-state index in [2.05, 4.69) is 26.8 Å². The number of hydrogen-bond donors (Lipinski definition) is 2. The molecule has 1 unspecified atom stereocenters. The first kappa shape index (κ1) is 17.7. The maximum Gasteiger partial charge on any atom is 0.304 e. The summed E-state index contributed by atoms with van der Waals surface area (Å²) in [6.07, 6.45) is 2.78. The van der Waals surface area contributed by atoms with Crippen LogP contribution in [0, 0.1) is 10.2 Å². The van der Waals surface area contributed by atoms with Crippen molar-refractivity contribution in [2.24, 2.45) is 4.99 Å². The summed E-state index contributed by atoms with van der Waals surface area (Å²) < 4.78 is 36.9. The Balaban J connectivity index is 2.19. The Labute approximate surface area is 137 Å². The Morgan fingerprint density at radius 3 is 2.70 bits per heavy atom. The van der Waals surface area contributed by atoms with Gasteiger partial charge in [-0.15, -0.1) is 0 Å². The molecule has 1 atom stereocenters. The van der Waals surface area contributed by atoms with Gasteiger partial charge in [0.25, 0.3) is 0 Å². The van der Waals surface area contributed by atoms with Gasteiger partial charge in [-0.25, -0.2) is 0 Å². The third-order valence-corrected chi connectivity index (χ3v) is 3.60. The zero-order chi connectivity index (χ0) is 16.7. The van der Waals surface area contributed by atoms with Crippen LogP contribution in [0.5, 0.6) is 0 Å². The molecule has 1 aromatic carbocycles. The highest BCUT2D eigenvalue weighted by Crippen LogP contribution is 2.15. The predicted molar refractivity (Wildman–Crippen MR) is 77.6 cm³/mol. The van der Waals surface area contributed by atoms with E-state index in [1.165, 1.54) is 0 Å². The minimum absolute atomic E-state index is 0.00968. The number of halogens is 1. The van der Waals surface area contributed by atoms with Gasteiger partial charge in [-0.05, 0) is 12.0 Å². The quantitative estimate of drug-likeness (QED) is 0.619. The fourth-order valence-electron chi connectivity index (χ4n) is 2.09. The van der Waals surface area contributed by atoms with Crippen molar-refractivity contribution in [2.45, 2.75) is 26.0 Å². The number of nitrogens with zero attached hydrogens (tertiary/aromatic N) is 1. The van der Waals surface area contributed by atoms with Crippen LogP contribution in [0.15, 0.2) is 41.4 Å². The van der Waals surface area contributed by atoms with Crippen molar-refractivity contribution in [2.75, 3.05) is 13.1 Å². The molecule has 1 aromatic rings. The SMILES string of the molecule is CCCCNC1=NCC(O[Cl+3]([O-])([O-])[O-])NC(c2ccccc2)=C1. The van der Waals surface area contributed by atoms with Crippen LogP contribution >= 0.6 is 0 Å². The van der Waals surface area contributed by atoms with Crippen LogP contribution in [-0.2, 0) is 4.29 Å². The van der Waals surface area contributed by atoms with Crippen molar-refractivity contribution in [3.63, 3.8) is 0 Å². The lowest BCUT2D eigenvalue weighted by Crippen LogP contribution is -2.63. The number of hydrogen-bond acceptors (Lipinski definition) is 7. The molecular formula is C15H20ClN3O4.